The lowest BCUT2D eigenvalue weighted by Gasteiger charge is -2.09. The standard InChI is InChI=1S/C20H14F3N3O6/c1-31-18(27)15-16(11-8-9-13(20(21,22)23)14(10-11)26(29)30)24-25(17(15)19(28)32-2)12-6-4-3-5-7-12/h3-10H,1-2H3. The summed E-state index contributed by atoms with van der Waals surface area (Å²) >= 11 is 0. The van der Waals surface area contributed by atoms with Crippen LogP contribution in [0.3, 0.4) is 0 Å². The van der Waals surface area contributed by atoms with Gasteiger partial charge < -0.3 is 9.47 Å². The van der Waals surface area contributed by atoms with Crippen molar-refractivity contribution in [3.63, 3.8) is 0 Å². The average molecular weight is 449 g/mol. The van der Waals surface area contributed by atoms with Crippen molar-refractivity contribution < 1.29 is 37.2 Å². The van der Waals surface area contributed by atoms with Gasteiger partial charge >= 0.3 is 18.1 Å². The summed E-state index contributed by atoms with van der Waals surface area (Å²) in [5.74, 6) is -2.01. The van der Waals surface area contributed by atoms with Crippen molar-refractivity contribution in [2.24, 2.45) is 0 Å². The van der Waals surface area contributed by atoms with E-state index in [0.717, 1.165) is 25.0 Å². The lowest BCUT2D eigenvalue weighted by molar-refractivity contribution is -0.388. The van der Waals surface area contributed by atoms with Gasteiger partial charge in [-0.1, -0.05) is 24.3 Å². The molecule has 0 fully saturated rings. The molecule has 3 rings (SSSR count). The minimum atomic E-state index is -4.98. The van der Waals surface area contributed by atoms with Gasteiger partial charge in [0, 0.05) is 11.6 Å². The van der Waals surface area contributed by atoms with Crippen LogP contribution >= 0.6 is 0 Å². The zero-order valence-corrected chi connectivity index (χ0v) is 16.5. The van der Waals surface area contributed by atoms with Crippen LogP contribution < -0.4 is 0 Å². The van der Waals surface area contributed by atoms with Gasteiger partial charge in [-0.3, -0.25) is 10.1 Å². The van der Waals surface area contributed by atoms with Gasteiger partial charge in [-0.15, -0.1) is 0 Å². The van der Waals surface area contributed by atoms with E-state index in [1.54, 1.807) is 30.3 Å². The topological polar surface area (TPSA) is 114 Å². The highest BCUT2D eigenvalue weighted by Gasteiger charge is 2.39. The monoisotopic (exact) mass is 449 g/mol. The molecule has 0 bridgehead atoms. The molecule has 1 aromatic heterocycles. The van der Waals surface area contributed by atoms with Crippen LogP contribution in [0.2, 0.25) is 0 Å². The number of para-hydroxylation sites is 1. The molecule has 0 aliphatic rings. The predicted molar refractivity (Wildman–Crippen MR) is 103 cm³/mol. The fourth-order valence-electron chi connectivity index (χ4n) is 3.03. The summed E-state index contributed by atoms with van der Waals surface area (Å²) in [5.41, 5.74) is -3.66. The Morgan fingerprint density at radius 2 is 1.66 bits per heavy atom. The van der Waals surface area contributed by atoms with Gasteiger partial charge in [-0.2, -0.15) is 18.3 Å². The number of aromatic nitrogens is 2. The summed E-state index contributed by atoms with van der Waals surface area (Å²) in [4.78, 5) is 35.1. The molecule has 0 aliphatic carbocycles. The second-order valence-corrected chi connectivity index (χ2v) is 6.29. The van der Waals surface area contributed by atoms with Crippen molar-refractivity contribution >= 4 is 17.6 Å². The largest absolute Gasteiger partial charge is 0.465 e. The zero-order chi connectivity index (χ0) is 23.6. The molecule has 9 nitrogen and oxygen atoms in total. The summed E-state index contributed by atoms with van der Waals surface area (Å²) in [6, 6.07) is 10.1. The summed E-state index contributed by atoms with van der Waals surface area (Å²) in [6.07, 6.45) is -4.98. The Morgan fingerprint density at radius 1 is 1.03 bits per heavy atom. The third kappa shape index (κ3) is 4.02. The van der Waals surface area contributed by atoms with Gasteiger partial charge in [0.1, 0.15) is 16.8 Å². The van der Waals surface area contributed by atoms with E-state index in [0.29, 0.717) is 17.8 Å². The molecule has 1 heterocycles. The van der Waals surface area contributed by atoms with E-state index < -0.39 is 39.9 Å². The molecule has 12 heteroatoms. The average Bonchev–Trinajstić information content (AvgIpc) is 3.18. The summed E-state index contributed by atoms with van der Waals surface area (Å²) in [7, 11) is 2.09. The minimum Gasteiger partial charge on any atom is -0.465 e. The van der Waals surface area contributed by atoms with Crippen LogP contribution in [-0.2, 0) is 15.7 Å². The fourth-order valence-corrected chi connectivity index (χ4v) is 3.03. The van der Waals surface area contributed by atoms with Gasteiger partial charge in [-0.25, -0.2) is 14.3 Å². The normalized spacial score (nSPS) is 11.2. The lowest BCUT2D eigenvalue weighted by Crippen LogP contribution is -2.15. The molecular weight excluding hydrogens is 435 g/mol. The van der Waals surface area contributed by atoms with E-state index in [9.17, 15) is 32.9 Å². The first kappa shape index (κ1) is 22.5. The van der Waals surface area contributed by atoms with Gasteiger partial charge in [-0.05, 0) is 18.2 Å². The molecule has 0 saturated heterocycles. The number of benzene rings is 2. The SMILES string of the molecule is COC(=O)c1c(-c2ccc(C(F)(F)F)c([N+](=O)[O-])c2)nn(-c2ccccc2)c1C(=O)OC. The van der Waals surface area contributed by atoms with Crippen molar-refractivity contribution in [2.75, 3.05) is 14.2 Å². The highest BCUT2D eigenvalue weighted by atomic mass is 19.4. The van der Waals surface area contributed by atoms with Gasteiger partial charge in [0.15, 0.2) is 5.69 Å². The number of ether oxygens (including phenoxy) is 2. The van der Waals surface area contributed by atoms with Crippen molar-refractivity contribution in [2.45, 2.75) is 6.18 Å². The Hall–Kier alpha value is -4.22. The van der Waals surface area contributed by atoms with Crippen LogP contribution in [0.25, 0.3) is 16.9 Å². The van der Waals surface area contributed by atoms with Crippen LogP contribution in [0, 0.1) is 10.1 Å². The maximum absolute atomic E-state index is 13.2. The van der Waals surface area contributed by atoms with E-state index in [-0.39, 0.29) is 17.0 Å². The number of nitro groups is 1. The number of hydrogen-bond donors (Lipinski definition) is 0. The van der Waals surface area contributed by atoms with Crippen molar-refractivity contribution in [1.82, 2.24) is 9.78 Å². The first-order valence-electron chi connectivity index (χ1n) is 8.81. The number of alkyl halides is 3. The Morgan fingerprint density at radius 3 is 2.19 bits per heavy atom. The van der Waals surface area contributed by atoms with E-state index in [2.05, 4.69) is 5.10 Å². The van der Waals surface area contributed by atoms with E-state index in [1.807, 2.05) is 0 Å². The number of nitro benzene ring substituents is 1. The zero-order valence-electron chi connectivity index (χ0n) is 16.5. The number of halogens is 3. The molecule has 0 unspecified atom stereocenters. The first-order valence-corrected chi connectivity index (χ1v) is 8.81. The Balaban J connectivity index is 2.37. The molecule has 32 heavy (non-hydrogen) atoms. The molecule has 0 saturated carbocycles. The third-order valence-electron chi connectivity index (χ3n) is 4.43. The minimum absolute atomic E-state index is 0.204. The third-order valence-corrected chi connectivity index (χ3v) is 4.43. The van der Waals surface area contributed by atoms with Crippen LogP contribution in [0.4, 0.5) is 18.9 Å². The highest BCUT2D eigenvalue weighted by Crippen LogP contribution is 2.39. The number of carbonyl (C=O) groups excluding carboxylic acids is 2. The predicted octanol–water partition coefficient (Wildman–Crippen LogP) is 4.04. The molecule has 0 aliphatic heterocycles. The summed E-state index contributed by atoms with van der Waals surface area (Å²) in [6.45, 7) is 0. The second-order valence-electron chi connectivity index (χ2n) is 6.29. The van der Waals surface area contributed by atoms with E-state index in [4.69, 9.17) is 9.47 Å². The Labute approximate surface area is 178 Å². The van der Waals surface area contributed by atoms with Crippen molar-refractivity contribution in [3.8, 4) is 16.9 Å². The van der Waals surface area contributed by atoms with Crippen LogP contribution in [0.1, 0.15) is 26.4 Å². The molecule has 0 N–H and O–H groups in total. The number of carbonyl (C=O) groups is 2. The number of methoxy groups -OCH3 is 2. The smallest absolute Gasteiger partial charge is 0.422 e. The Bertz CT molecular complexity index is 1210. The second kappa shape index (κ2) is 8.49. The van der Waals surface area contributed by atoms with Gasteiger partial charge in [0.2, 0.25) is 0 Å². The molecular formula is C20H14F3N3O6. The molecule has 3 aromatic rings. The lowest BCUT2D eigenvalue weighted by atomic mass is 10.0. The van der Waals surface area contributed by atoms with Crippen molar-refractivity contribution in [3.05, 3.63) is 75.5 Å². The molecule has 2 aromatic carbocycles. The number of esters is 2. The van der Waals surface area contributed by atoms with Crippen LogP contribution in [0.5, 0.6) is 0 Å². The van der Waals surface area contributed by atoms with Crippen molar-refractivity contribution in [1.29, 1.82) is 0 Å². The Kier molecular flexibility index (Phi) is 5.96. The summed E-state index contributed by atoms with van der Waals surface area (Å²) < 4.78 is 50.1. The molecule has 0 radical (unpaired) electrons. The molecule has 0 spiro atoms. The van der Waals surface area contributed by atoms with Gasteiger partial charge in [0.25, 0.3) is 5.69 Å². The number of rotatable bonds is 5. The maximum atomic E-state index is 13.2. The van der Waals surface area contributed by atoms with E-state index in [1.165, 1.54) is 0 Å². The van der Waals surface area contributed by atoms with Crippen LogP contribution in [-0.4, -0.2) is 40.9 Å². The van der Waals surface area contributed by atoms with E-state index >= 15 is 0 Å². The van der Waals surface area contributed by atoms with Gasteiger partial charge in [0.05, 0.1) is 24.8 Å². The fraction of sp³-hybridized carbons (Fsp3) is 0.150. The maximum Gasteiger partial charge on any atom is 0.422 e. The number of nitrogens with zero attached hydrogens (tertiary/aromatic N) is 3. The quantitative estimate of drug-likeness (QED) is 0.328. The number of hydrogen-bond acceptors (Lipinski definition) is 7. The molecule has 166 valence electrons. The molecule has 0 amide bonds. The molecule has 0 atom stereocenters. The summed E-state index contributed by atoms with van der Waals surface area (Å²) in [5, 5.41) is 15.5. The first-order chi connectivity index (χ1) is 15.1. The highest BCUT2D eigenvalue weighted by molar-refractivity contribution is 6.06. The van der Waals surface area contributed by atoms with Crippen LogP contribution in [0.15, 0.2) is 48.5 Å².